The van der Waals surface area contributed by atoms with Gasteiger partial charge in [0.15, 0.2) is 5.82 Å². The fourth-order valence-electron chi connectivity index (χ4n) is 1.91. The van der Waals surface area contributed by atoms with Gasteiger partial charge in [0.1, 0.15) is 5.78 Å². The number of Topliss-reactive ketones (excluding diaryl/α,β-unsaturated/α-hetero) is 1. The molecule has 0 aliphatic heterocycles. The Hall–Kier alpha value is -1.23. The number of ether oxygens (including phenoxy) is 1. The zero-order chi connectivity index (χ0) is 11.4. The van der Waals surface area contributed by atoms with Gasteiger partial charge in [0.2, 0.25) is 5.89 Å². The van der Waals surface area contributed by atoms with E-state index in [1.54, 1.807) is 7.11 Å². The fraction of sp³-hybridized carbons (Fsp3) is 0.727. The first-order valence-corrected chi connectivity index (χ1v) is 5.62. The Morgan fingerprint density at radius 2 is 2.19 bits per heavy atom. The molecule has 1 aromatic rings. The topological polar surface area (TPSA) is 65.2 Å². The van der Waals surface area contributed by atoms with Crippen LogP contribution in [0.15, 0.2) is 4.52 Å². The third-order valence-electron chi connectivity index (χ3n) is 2.91. The molecule has 1 saturated carbocycles. The lowest BCUT2D eigenvalue weighted by molar-refractivity contribution is -0.120. The summed E-state index contributed by atoms with van der Waals surface area (Å²) in [6.07, 6.45) is 3.63. The van der Waals surface area contributed by atoms with Crippen molar-refractivity contribution in [2.45, 2.75) is 38.0 Å². The third-order valence-corrected chi connectivity index (χ3v) is 2.91. The van der Waals surface area contributed by atoms with Crippen LogP contribution in [0.3, 0.4) is 0 Å². The molecule has 1 aromatic heterocycles. The van der Waals surface area contributed by atoms with Crippen molar-refractivity contribution >= 4 is 5.78 Å². The van der Waals surface area contributed by atoms with Crippen LogP contribution >= 0.6 is 0 Å². The summed E-state index contributed by atoms with van der Waals surface area (Å²) in [6.45, 7) is 0.599. The smallest absolute Gasteiger partial charge is 0.229 e. The molecule has 1 heterocycles. The number of carbonyl (C=O) groups is 1. The molecule has 0 amide bonds. The Morgan fingerprint density at radius 1 is 1.44 bits per heavy atom. The van der Waals surface area contributed by atoms with Crippen LogP contribution in [0, 0.1) is 0 Å². The molecular formula is C11H16N2O3. The van der Waals surface area contributed by atoms with Gasteiger partial charge in [0.05, 0.1) is 6.61 Å². The predicted octanol–water partition coefficient (Wildman–Crippen LogP) is 1.49. The summed E-state index contributed by atoms with van der Waals surface area (Å²) in [4.78, 5) is 15.4. The number of methoxy groups -OCH3 is 1. The summed E-state index contributed by atoms with van der Waals surface area (Å²) in [6, 6.07) is 0. The van der Waals surface area contributed by atoms with Gasteiger partial charge in [-0.1, -0.05) is 5.16 Å². The summed E-state index contributed by atoms with van der Waals surface area (Å²) in [5.41, 5.74) is 0. The molecule has 16 heavy (non-hydrogen) atoms. The molecule has 5 heteroatoms. The van der Waals surface area contributed by atoms with Crippen molar-refractivity contribution in [3.63, 3.8) is 0 Å². The molecule has 2 rings (SSSR count). The van der Waals surface area contributed by atoms with E-state index in [0.717, 1.165) is 12.8 Å². The third kappa shape index (κ3) is 2.66. The Morgan fingerprint density at radius 3 is 2.88 bits per heavy atom. The Labute approximate surface area is 94.2 Å². The Bertz CT molecular complexity index is 352. The van der Waals surface area contributed by atoms with E-state index in [0.29, 0.717) is 43.4 Å². The molecule has 5 nitrogen and oxygen atoms in total. The van der Waals surface area contributed by atoms with E-state index in [9.17, 15) is 4.79 Å². The minimum Gasteiger partial charge on any atom is -0.384 e. The van der Waals surface area contributed by atoms with Gasteiger partial charge < -0.3 is 9.26 Å². The molecule has 0 radical (unpaired) electrons. The molecule has 1 aliphatic carbocycles. The van der Waals surface area contributed by atoms with Crippen LogP contribution in [-0.4, -0.2) is 29.6 Å². The minimum absolute atomic E-state index is 0.265. The SMILES string of the molecule is COCCc1noc(C2CCC(=O)CC2)n1. The summed E-state index contributed by atoms with van der Waals surface area (Å²) in [5, 5.41) is 3.90. The summed E-state index contributed by atoms with van der Waals surface area (Å²) >= 11 is 0. The number of rotatable bonds is 4. The quantitative estimate of drug-likeness (QED) is 0.775. The van der Waals surface area contributed by atoms with Gasteiger partial charge in [0, 0.05) is 32.3 Å². The lowest BCUT2D eigenvalue weighted by Gasteiger charge is -2.16. The standard InChI is InChI=1S/C11H16N2O3/c1-15-7-6-10-12-11(16-13-10)8-2-4-9(14)5-3-8/h8H,2-7H2,1H3. The molecule has 0 aromatic carbocycles. The summed E-state index contributed by atoms with van der Waals surface area (Å²) in [7, 11) is 1.65. The van der Waals surface area contributed by atoms with Gasteiger partial charge in [-0.2, -0.15) is 4.98 Å². The van der Waals surface area contributed by atoms with Crippen LogP contribution in [0.5, 0.6) is 0 Å². The van der Waals surface area contributed by atoms with Gasteiger partial charge in [-0.15, -0.1) is 0 Å². The van der Waals surface area contributed by atoms with Gasteiger partial charge in [-0.05, 0) is 12.8 Å². The first kappa shape index (κ1) is 11.3. The summed E-state index contributed by atoms with van der Waals surface area (Å²) < 4.78 is 10.2. The van der Waals surface area contributed by atoms with Crippen molar-refractivity contribution in [1.29, 1.82) is 0 Å². The number of hydrogen-bond acceptors (Lipinski definition) is 5. The van der Waals surface area contributed by atoms with Crippen molar-refractivity contribution in [2.75, 3.05) is 13.7 Å². The van der Waals surface area contributed by atoms with Crippen molar-refractivity contribution in [3.05, 3.63) is 11.7 Å². The fourth-order valence-corrected chi connectivity index (χ4v) is 1.91. The molecule has 0 saturated heterocycles. The first-order chi connectivity index (χ1) is 7.79. The average Bonchev–Trinajstić information content (AvgIpc) is 2.76. The molecule has 0 atom stereocenters. The molecule has 0 unspecified atom stereocenters. The van der Waals surface area contributed by atoms with Crippen molar-refractivity contribution < 1.29 is 14.1 Å². The van der Waals surface area contributed by atoms with Crippen LogP contribution in [0.4, 0.5) is 0 Å². The lowest BCUT2D eigenvalue weighted by atomic mass is 9.88. The van der Waals surface area contributed by atoms with E-state index >= 15 is 0 Å². The van der Waals surface area contributed by atoms with Crippen molar-refractivity contribution in [2.24, 2.45) is 0 Å². The van der Waals surface area contributed by atoms with Gasteiger partial charge in [-0.25, -0.2) is 0 Å². The maximum atomic E-state index is 11.1. The molecule has 0 N–H and O–H groups in total. The molecule has 88 valence electrons. The highest BCUT2D eigenvalue weighted by atomic mass is 16.5. The van der Waals surface area contributed by atoms with E-state index in [4.69, 9.17) is 9.26 Å². The van der Waals surface area contributed by atoms with E-state index in [1.165, 1.54) is 0 Å². The van der Waals surface area contributed by atoms with Gasteiger partial charge in [-0.3, -0.25) is 4.79 Å². The Kier molecular flexibility index (Phi) is 3.66. The first-order valence-electron chi connectivity index (χ1n) is 5.62. The second-order valence-corrected chi connectivity index (χ2v) is 4.10. The van der Waals surface area contributed by atoms with Crippen molar-refractivity contribution in [1.82, 2.24) is 10.1 Å². The summed E-state index contributed by atoms with van der Waals surface area (Å²) in [5.74, 6) is 1.98. The normalized spacial score (nSPS) is 17.9. The molecule has 0 bridgehead atoms. The average molecular weight is 224 g/mol. The minimum atomic E-state index is 0.265. The van der Waals surface area contributed by atoms with Gasteiger partial charge >= 0.3 is 0 Å². The zero-order valence-corrected chi connectivity index (χ0v) is 9.44. The highest BCUT2D eigenvalue weighted by Gasteiger charge is 2.24. The molecule has 1 fully saturated rings. The second-order valence-electron chi connectivity index (χ2n) is 4.10. The van der Waals surface area contributed by atoms with Crippen LogP contribution in [0.25, 0.3) is 0 Å². The van der Waals surface area contributed by atoms with E-state index in [1.807, 2.05) is 0 Å². The predicted molar refractivity (Wildman–Crippen MR) is 56.1 cm³/mol. The molecule has 0 spiro atoms. The number of hydrogen-bond donors (Lipinski definition) is 0. The van der Waals surface area contributed by atoms with Crippen LogP contribution in [0.2, 0.25) is 0 Å². The maximum absolute atomic E-state index is 11.1. The molecule has 1 aliphatic rings. The van der Waals surface area contributed by atoms with Crippen LogP contribution in [0.1, 0.15) is 43.3 Å². The lowest BCUT2D eigenvalue weighted by Crippen LogP contribution is -2.12. The number of carbonyl (C=O) groups excluding carboxylic acids is 1. The zero-order valence-electron chi connectivity index (χ0n) is 9.44. The number of ketones is 1. The van der Waals surface area contributed by atoms with Crippen LogP contribution < -0.4 is 0 Å². The highest BCUT2D eigenvalue weighted by Crippen LogP contribution is 2.29. The largest absolute Gasteiger partial charge is 0.384 e. The number of nitrogens with zero attached hydrogens (tertiary/aromatic N) is 2. The van der Waals surface area contributed by atoms with Crippen LogP contribution in [-0.2, 0) is 16.0 Å². The number of aromatic nitrogens is 2. The van der Waals surface area contributed by atoms with Crippen molar-refractivity contribution in [3.8, 4) is 0 Å². The van der Waals surface area contributed by atoms with Gasteiger partial charge in [0.25, 0.3) is 0 Å². The highest BCUT2D eigenvalue weighted by molar-refractivity contribution is 5.79. The van der Waals surface area contributed by atoms with E-state index in [-0.39, 0.29) is 5.92 Å². The second kappa shape index (κ2) is 5.21. The maximum Gasteiger partial charge on any atom is 0.229 e. The van der Waals surface area contributed by atoms with E-state index in [2.05, 4.69) is 10.1 Å². The monoisotopic (exact) mass is 224 g/mol. The molecular weight excluding hydrogens is 208 g/mol. The van der Waals surface area contributed by atoms with E-state index < -0.39 is 0 Å². The Balaban J connectivity index is 1.93.